The van der Waals surface area contributed by atoms with E-state index >= 15 is 0 Å². The SMILES string of the molecule is O=c1[nH]c(=O)c2cc(S(=O)(=O)Oc3ccccc3C(F)(F)F)ccc2[nH]1. The lowest BCUT2D eigenvalue weighted by molar-refractivity contribution is -0.138. The van der Waals surface area contributed by atoms with Crippen molar-refractivity contribution in [2.75, 3.05) is 0 Å². The number of halogens is 3. The van der Waals surface area contributed by atoms with Gasteiger partial charge in [0.05, 0.1) is 16.5 Å². The lowest BCUT2D eigenvalue weighted by Gasteiger charge is -2.13. The topological polar surface area (TPSA) is 109 Å². The molecule has 0 bridgehead atoms. The van der Waals surface area contributed by atoms with Crippen molar-refractivity contribution in [2.24, 2.45) is 0 Å². The van der Waals surface area contributed by atoms with E-state index in [2.05, 4.69) is 9.17 Å². The number of aromatic amines is 2. The Hall–Kier alpha value is -3.08. The maximum atomic E-state index is 13.0. The second-order valence-corrected chi connectivity index (χ2v) is 6.69. The van der Waals surface area contributed by atoms with E-state index in [1.807, 2.05) is 4.98 Å². The number of alkyl halides is 3. The highest BCUT2D eigenvalue weighted by atomic mass is 32.2. The molecule has 11 heteroatoms. The number of H-pyrrole nitrogens is 2. The van der Waals surface area contributed by atoms with Crippen molar-refractivity contribution in [3.63, 3.8) is 0 Å². The summed E-state index contributed by atoms with van der Waals surface area (Å²) in [7, 11) is -4.66. The second kappa shape index (κ2) is 6.02. The van der Waals surface area contributed by atoms with Gasteiger partial charge < -0.3 is 9.17 Å². The molecule has 0 saturated heterocycles. The maximum Gasteiger partial charge on any atom is 0.420 e. The molecule has 2 N–H and O–H groups in total. The van der Waals surface area contributed by atoms with E-state index in [0.717, 1.165) is 30.3 Å². The monoisotopic (exact) mass is 386 g/mol. The molecule has 1 aromatic heterocycles. The lowest BCUT2D eigenvalue weighted by atomic mass is 10.2. The first-order valence-corrected chi connectivity index (χ1v) is 8.36. The van der Waals surface area contributed by atoms with Crippen molar-refractivity contribution in [3.05, 3.63) is 68.9 Å². The van der Waals surface area contributed by atoms with E-state index in [1.165, 1.54) is 6.07 Å². The third kappa shape index (κ3) is 3.33. The Kier molecular flexibility index (Phi) is 4.11. The zero-order valence-corrected chi connectivity index (χ0v) is 13.4. The van der Waals surface area contributed by atoms with Crippen LogP contribution >= 0.6 is 0 Å². The van der Waals surface area contributed by atoms with Gasteiger partial charge >= 0.3 is 22.0 Å². The molecule has 0 aliphatic carbocycles. The number of rotatable bonds is 3. The number of fused-ring (bicyclic) bond motifs is 1. The van der Waals surface area contributed by atoms with Gasteiger partial charge in [-0.1, -0.05) is 12.1 Å². The summed E-state index contributed by atoms with van der Waals surface area (Å²) in [4.78, 5) is 26.6. The average Bonchev–Trinajstić information content (AvgIpc) is 2.53. The van der Waals surface area contributed by atoms with Gasteiger partial charge in [0.25, 0.3) is 5.56 Å². The van der Waals surface area contributed by atoms with E-state index < -0.39 is 43.8 Å². The number of nitrogens with one attached hydrogen (secondary N) is 2. The Morgan fingerprint density at radius 3 is 2.35 bits per heavy atom. The van der Waals surface area contributed by atoms with Crippen LogP contribution in [0.5, 0.6) is 5.75 Å². The molecule has 1 heterocycles. The fourth-order valence-corrected chi connectivity index (χ4v) is 3.21. The van der Waals surface area contributed by atoms with Crippen LogP contribution < -0.4 is 15.4 Å². The number of aromatic nitrogens is 2. The summed E-state index contributed by atoms with van der Waals surface area (Å²) in [5, 5.41) is -0.168. The molecule has 0 atom stereocenters. The van der Waals surface area contributed by atoms with Gasteiger partial charge in [-0.05, 0) is 30.3 Å². The first kappa shape index (κ1) is 17.7. The van der Waals surface area contributed by atoms with Crippen LogP contribution in [-0.2, 0) is 16.3 Å². The fourth-order valence-electron chi connectivity index (χ4n) is 2.24. The molecule has 3 aromatic rings. The van der Waals surface area contributed by atoms with Crippen molar-refractivity contribution in [3.8, 4) is 5.75 Å². The standard InChI is InChI=1S/C15H9F3N2O5S/c16-15(17,18)10-3-1-2-4-12(10)25-26(23,24)8-5-6-11-9(7-8)13(21)20-14(22)19-11/h1-7H,(H2,19,20,21,22). The Balaban J connectivity index is 2.09. The minimum absolute atomic E-state index is 0.0633. The van der Waals surface area contributed by atoms with Crippen LogP contribution in [0, 0.1) is 0 Å². The molecule has 3 rings (SSSR count). The average molecular weight is 386 g/mol. The van der Waals surface area contributed by atoms with Gasteiger partial charge in [0.2, 0.25) is 0 Å². The first-order chi connectivity index (χ1) is 12.1. The summed E-state index contributed by atoms with van der Waals surface area (Å²) in [6.45, 7) is 0. The quantitative estimate of drug-likeness (QED) is 0.670. The van der Waals surface area contributed by atoms with Crippen molar-refractivity contribution in [1.29, 1.82) is 0 Å². The van der Waals surface area contributed by atoms with Crippen LogP contribution in [0.4, 0.5) is 13.2 Å². The van der Waals surface area contributed by atoms with Crippen LogP contribution in [0.2, 0.25) is 0 Å². The molecule has 0 spiro atoms. The van der Waals surface area contributed by atoms with Gasteiger partial charge in [-0.25, -0.2) is 4.79 Å². The predicted molar refractivity (Wildman–Crippen MR) is 84.4 cm³/mol. The van der Waals surface area contributed by atoms with Crippen LogP contribution in [0.3, 0.4) is 0 Å². The third-order valence-electron chi connectivity index (χ3n) is 3.39. The smallest absolute Gasteiger partial charge is 0.378 e. The molecular formula is C15H9F3N2O5S. The number of benzene rings is 2. The normalized spacial score (nSPS) is 12.3. The molecule has 26 heavy (non-hydrogen) atoms. The van der Waals surface area contributed by atoms with Crippen molar-refractivity contribution in [2.45, 2.75) is 11.1 Å². The molecule has 0 radical (unpaired) electrons. The van der Waals surface area contributed by atoms with E-state index in [4.69, 9.17) is 0 Å². The zero-order valence-electron chi connectivity index (χ0n) is 12.6. The van der Waals surface area contributed by atoms with Crippen LogP contribution in [0.1, 0.15) is 5.56 Å². The number of hydrogen-bond acceptors (Lipinski definition) is 5. The lowest BCUT2D eigenvalue weighted by Crippen LogP contribution is -2.22. The van der Waals surface area contributed by atoms with Gasteiger partial charge in [0, 0.05) is 0 Å². The zero-order chi connectivity index (χ0) is 19.1. The Morgan fingerprint density at radius 2 is 1.65 bits per heavy atom. The highest BCUT2D eigenvalue weighted by Gasteiger charge is 2.35. The Labute approximate surface area is 143 Å². The van der Waals surface area contributed by atoms with Crippen LogP contribution in [0.25, 0.3) is 10.9 Å². The van der Waals surface area contributed by atoms with Crippen molar-refractivity contribution in [1.82, 2.24) is 9.97 Å². The third-order valence-corrected chi connectivity index (χ3v) is 4.62. The first-order valence-electron chi connectivity index (χ1n) is 6.95. The summed E-state index contributed by atoms with van der Waals surface area (Å²) >= 11 is 0. The maximum absolute atomic E-state index is 13.0. The van der Waals surface area contributed by atoms with Gasteiger partial charge in [0.15, 0.2) is 5.75 Å². The van der Waals surface area contributed by atoms with E-state index in [0.29, 0.717) is 6.07 Å². The summed E-state index contributed by atoms with van der Waals surface area (Å²) in [6.07, 6.45) is -4.81. The fraction of sp³-hybridized carbons (Fsp3) is 0.0667. The number of hydrogen-bond donors (Lipinski definition) is 2. The predicted octanol–water partition coefficient (Wildman–Crippen LogP) is 2.00. The van der Waals surface area contributed by atoms with E-state index in [-0.39, 0.29) is 10.9 Å². The highest BCUT2D eigenvalue weighted by Crippen LogP contribution is 2.37. The van der Waals surface area contributed by atoms with Gasteiger partial charge in [0.1, 0.15) is 4.90 Å². The van der Waals surface area contributed by atoms with Gasteiger partial charge in [-0.15, -0.1) is 0 Å². The summed E-state index contributed by atoms with van der Waals surface area (Å²) in [5.74, 6) is -0.893. The molecule has 2 aromatic carbocycles. The Bertz CT molecular complexity index is 1210. The minimum Gasteiger partial charge on any atom is -0.378 e. The molecule has 0 aliphatic heterocycles. The molecule has 7 nitrogen and oxygen atoms in total. The largest absolute Gasteiger partial charge is 0.420 e. The summed E-state index contributed by atoms with van der Waals surface area (Å²) in [5.41, 5.74) is -2.83. The number of para-hydroxylation sites is 1. The van der Waals surface area contributed by atoms with Crippen molar-refractivity contribution >= 4 is 21.0 Å². The van der Waals surface area contributed by atoms with Crippen LogP contribution in [-0.4, -0.2) is 18.4 Å². The Morgan fingerprint density at radius 1 is 0.962 bits per heavy atom. The molecular weight excluding hydrogens is 377 g/mol. The molecule has 0 fully saturated rings. The van der Waals surface area contributed by atoms with Crippen molar-refractivity contribution < 1.29 is 25.8 Å². The van der Waals surface area contributed by atoms with Gasteiger partial charge in [-0.3, -0.25) is 9.78 Å². The molecule has 0 saturated carbocycles. The minimum atomic E-state index is -4.81. The highest BCUT2D eigenvalue weighted by molar-refractivity contribution is 7.87. The van der Waals surface area contributed by atoms with Crippen LogP contribution in [0.15, 0.2) is 56.9 Å². The summed E-state index contributed by atoms with van der Waals surface area (Å²) in [6, 6.07) is 6.87. The molecule has 136 valence electrons. The molecule has 0 aliphatic rings. The second-order valence-electron chi connectivity index (χ2n) is 5.15. The van der Waals surface area contributed by atoms with E-state index in [9.17, 15) is 31.2 Å². The van der Waals surface area contributed by atoms with E-state index in [1.54, 1.807) is 0 Å². The molecule has 0 unspecified atom stereocenters. The van der Waals surface area contributed by atoms with Gasteiger partial charge in [-0.2, -0.15) is 21.6 Å². The summed E-state index contributed by atoms with van der Waals surface area (Å²) < 4.78 is 68.2. The molecule has 0 amide bonds.